The molecule has 0 spiro atoms. The number of carbonyl (C=O) groups is 1. The lowest BCUT2D eigenvalue weighted by molar-refractivity contribution is -0.134. The lowest BCUT2D eigenvalue weighted by Gasteiger charge is -1.59. The first-order valence-corrected chi connectivity index (χ1v) is 1.83. The minimum atomic E-state index is -0.833. The molecule has 6 heteroatoms. The zero-order valence-corrected chi connectivity index (χ0v) is 4.83. The predicted octanol–water partition coefficient (Wildman–Crippen LogP) is 1.54. The van der Waals surface area contributed by atoms with E-state index < -0.39 is 5.97 Å². The average Bonchev–Trinajstić information content (AvgIpc) is 1.65. The topological polar surface area (TPSA) is 86.1 Å². The van der Waals surface area contributed by atoms with E-state index in [-0.39, 0.29) is 0 Å². The minimum absolute atomic E-state index is 0.833. The average molecular weight is 138 g/mol. The standard InChI is InChI=1S/C2H4O2.ClN3/c1-2(3)4;1-3-4-2/h1H3,(H,3,4);. The lowest BCUT2D eigenvalue weighted by atomic mass is 10.9. The molecule has 0 fully saturated rings. The molecule has 0 saturated carbocycles. The fourth-order valence-electron chi connectivity index (χ4n) is 0. The molecule has 0 atom stereocenters. The van der Waals surface area contributed by atoms with Crippen LogP contribution < -0.4 is 0 Å². The van der Waals surface area contributed by atoms with E-state index in [1.165, 1.54) is 0 Å². The summed E-state index contributed by atoms with van der Waals surface area (Å²) in [5.41, 5.74) is 7.20. The molecule has 8 heavy (non-hydrogen) atoms. The van der Waals surface area contributed by atoms with Crippen molar-refractivity contribution < 1.29 is 9.90 Å². The molecular formula is C2H4ClN3O2. The lowest BCUT2D eigenvalue weighted by Crippen LogP contribution is -1.78. The van der Waals surface area contributed by atoms with Crippen molar-refractivity contribution in [1.82, 2.24) is 0 Å². The van der Waals surface area contributed by atoms with Gasteiger partial charge in [0.05, 0.1) is 0 Å². The second-order valence-corrected chi connectivity index (χ2v) is 0.835. The molecule has 0 aromatic carbocycles. The van der Waals surface area contributed by atoms with E-state index in [0.29, 0.717) is 0 Å². The number of carboxylic acid groups (broad SMARTS) is 1. The number of carboxylic acids is 1. The van der Waals surface area contributed by atoms with Crippen LogP contribution in [-0.2, 0) is 4.79 Å². The van der Waals surface area contributed by atoms with Gasteiger partial charge in [-0.1, -0.05) is 0 Å². The van der Waals surface area contributed by atoms with Gasteiger partial charge >= 0.3 is 0 Å². The molecule has 0 radical (unpaired) electrons. The molecular weight excluding hydrogens is 133 g/mol. The Bertz CT molecular complexity index is 104. The van der Waals surface area contributed by atoms with Crippen molar-refractivity contribution in [3.63, 3.8) is 0 Å². The van der Waals surface area contributed by atoms with Gasteiger partial charge in [-0.25, -0.2) is 0 Å². The summed E-state index contributed by atoms with van der Waals surface area (Å²) in [6, 6.07) is 0. The van der Waals surface area contributed by atoms with Crippen LogP contribution in [0.4, 0.5) is 0 Å². The molecule has 0 unspecified atom stereocenters. The van der Waals surface area contributed by atoms with Gasteiger partial charge in [-0.05, 0) is 17.3 Å². The van der Waals surface area contributed by atoms with E-state index >= 15 is 0 Å². The summed E-state index contributed by atoms with van der Waals surface area (Å²) in [7, 11) is 0. The predicted molar refractivity (Wildman–Crippen MR) is 28.3 cm³/mol. The van der Waals surface area contributed by atoms with E-state index in [4.69, 9.17) is 15.4 Å². The Kier molecular flexibility index (Phi) is 11.9. The van der Waals surface area contributed by atoms with Gasteiger partial charge in [-0.2, -0.15) is 0 Å². The number of halogens is 1. The van der Waals surface area contributed by atoms with Crippen molar-refractivity contribution in [3.8, 4) is 0 Å². The highest BCUT2D eigenvalue weighted by atomic mass is 35.5. The second-order valence-electron chi connectivity index (χ2n) is 0.684. The molecule has 0 rings (SSSR count). The van der Waals surface area contributed by atoms with Crippen molar-refractivity contribution in [3.05, 3.63) is 10.4 Å². The van der Waals surface area contributed by atoms with Gasteiger partial charge in [0.2, 0.25) is 0 Å². The quantitative estimate of drug-likeness (QED) is 0.312. The van der Waals surface area contributed by atoms with Gasteiger partial charge in [-0.3, -0.25) is 4.79 Å². The molecule has 0 aromatic rings. The van der Waals surface area contributed by atoms with Crippen LogP contribution in [0.2, 0.25) is 0 Å². The second kappa shape index (κ2) is 9.42. The number of hydrogen-bond donors (Lipinski definition) is 1. The molecule has 0 amide bonds. The Morgan fingerprint density at radius 3 is 2.12 bits per heavy atom. The van der Waals surface area contributed by atoms with Crippen LogP contribution in [0.15, 0.2) is 4.63 Å². The Morgan fingerprint density at radius 2 is 2.12 bits per heavy atom. The molecule has 0 aromatic heterocycles. The zero-order chi connectivity index (χ0) is 6.99. The highest BCUT2D eigenvalue weighted by Crippen LogP contribution is 1.68. The van der Waals surface area contributed by atoms with Crippen molar-refractivity contribution in [2.45, 2.75) is 6.92 Å². The van der Waals surface area contributed by atoms with Gasteiger partial charge in [0.15, 0.2) is 0 Å². The van der Waals surface area contributed by atoms with E-state index in [2.05, 4.69) is 21.3 Å². The third kappa shape index (κ3) is 17100. The molecule has 5 nitrogen and oxygen atoms in total. The first kappa shape index (κ1) is 10.1. The van der Waals surface area contributed by atoms with E-state index in [1.807, 2.05) is 0 Å². The van der Waals surface area contributed by atoms with Gasteiger partial charge in [0.1, 0.15) is 0 Å². The maximum Gasteiger partial charge on any atom is 0.300 e. The molecule has 46 valence electrons. The SMILES string of the molecule is CC(=O)O.[N-]=[N+]=NCl. The molecule has 0 aliphatic carbocycles. The van der Waals surface area contributed by atoms with Crippen LogP contribution in [0.1, 0.15) is 6.92 Å². The summed E-state index contributed by atoms with van der Waals surface area (Å²) < 4.78 is 2.39. The van der Waals surface area contributed by atoms with Crippen molar-refractivity contribution in [2.75, 3.05) is 0 Å². The number of aliphatic carboxylic acids is 1. The zero-order valence-electron chi connectivity index (χ0n) is 4.08. The molecule has 1 N–H and O–H groups in total. The molecule has 0 bridgehead atoms. The van der Waals surface area contributed by atoms with Crippen molar-refractivity contribution in [1.29, 1.82) is 0 Å². The van der Waals surface area contributed by atoms with Crippen LogP contribution in [0, 0.1) is 0 Å². The minimum Gasteiger partial charge on any atom is -0.481 e. The summed E-state index contributed by atoms with van der Waals surface area (Å²) in [5.74, 6) is -0.833. The van der Waals surface area contributed by atoms with Gasteiger partial charge < -0.3 is 5.11 Å². The smallest absolute Gasteiger partial charge is 0.300 e. The monoisotopic (exact) mass is 137 g/mol. The maximum atomic E-state index is 9.00. The maximum absolute atomic E-state index is 9.00. The van der Waals surface area contributed by atoms with Gasteiger partial charge in [-0.15, -0.1) is 0 Å². The van der Waals surface area contributed by atoms with Crippen LogP contribution in [0.25, 0.3) is 10.4 Å². The summed E-state index contributed by atoms with van der Waals surface area (Å²) in [5, 5.41) is 7.42. The third-order valence-electron chi connectivity index (χ3n) is 0.0338. The van der Waals surface area contributed by atoms with Gasteiger partial charge in [0, 0.05) is 16.5 Å². The summed E-state index contributed by atoms with van der Waals surface area (Å²) in [6.45, 7) is 1.08. The summed E-state index contributed by atoms with van der Waals surface area (Å²) >= 11 is 4.39. The highest BCUT2D eigenvalue weighted by Gasteiger charge is 1.65. The van der Waals surface area contributed by atoms with Crippen LogP contribution in [0.3, 0.4) is 0 Å². The van der Waals surface area contributed by atoms with Crippen LogP contribution >= 0.6 is 11.8 Å². The number of hydrogen-bond acceptors (Lipinski definition) is 2. The number of nitrogens with zero attached hydrogens (tertiary/aromatic N) is 3. The Morgan fingerprint density at radius 1 is 2.00 bits per heavy atom. The van der Waals surface area contributed by atoms with Crippen LogP contribution in [0.5, 0.6) is 0 Å². The normalized spacial score (nSPS) is 5.25. The Balaban J connectivity index is 0. The third-order valence-corrected chi connectivity index (χ3v) is 0.101. The molecule has 0 heterocycles. The van der Waals surface area contributed by atoms with Crippen LogP contribution in [-0.4, -0.2) is 11.1 Å². The van der Waals surface area contributed by atoms with Gasteiger partial charge in [0.25, 0.3) is 5.97 Å². The fourth-order valence-corrected chi connectivity index (χ4v) is 0. The number of azide groups is 1. The summed E-state index contributed by atoms with van der Waals surface area (Å²) in [6.07, 6.45) is 0. The Hall–Kier alpha value is -0.930. The molecule has 0 aliphatic rings. The number of rotatable bonds is 0. The Labute approximate surface area is 50.6 Å². The fraction of sp³-hybridized carbons (Fsp3) is 0.500. The van der Waals surface area contributed by atoms with E-state index in [9.17, 15) is 0 Å². The van der Waals surface area contributed by atoms with E-state index in [0.717, 1.165) is 6.92 Å². The first-order chi connectivity index (χ1) is 3.65. The van der Waals surface area contributed by atoms with Crippen molar-refractivity contribution in [2.24, 2.45) is 4.63 Å². The first-order valence-electron chi connectivity index (χ1n) is 1.50. The molecule has 0 aliphatic heterocycles. The molecule has 0 saturated heterocycles. The largest absolute Gasteiger partial charge is 0.481 e. The summed E-state index contributed by atoms with van der Waals surface area (Å²) in [4.78, 5) is 11.1. The van der Waals surface area contributed by atoms with E-state index in [1.54, 1.807) is 0 Å². The highest BCUT2D eigenvalue weighted by molar-refractivity contribution is 6.14. The van der Waals surface area contributed by atoms with Crippen molar-refractivity contribution >= 4 is 17.7 Å².